The molecule has 0 spiro atoms. The maximum atomic E-state index is 12.7. The predicted octanol–water partition coefficient (Wildman–Crippen LogP) is 2.27. The van der Waals surface area contributed by atoms with Gasteiger partial charge in [0.15, 0.2) is 0 Å². The Kier molecular flexibility index (Phi) is 5.38. The number of fused-ring (bicyclic) bond motifs is 1. The number of carbonyl (C=O) groups excluding carboxylic acids is 2. The van der Waals surface area contributed by atoms with E-state index in [-0.39, 0.29) is 11.8 Å². The first-order chi connectivity index (χ1) is 14.0. The van der Waals surface area contributed by atoms with Gasteiger partial charge in [-0.15, -0.1) is 11.3 Å². The molecule has 2 N–H and O–H groups in total. The summed E-state index contributed by atoms with van der Waals surface area (Å²) in [5.74, 6) is -0.352. The van der Waals surface area contributed by atoms with Crippen LogP contribution in [0.1, 0.15) is 29.4 Å². The monoisotopic (exact) mass is 412 g/mol. The van der Waals surface area contributed by atoms with Crippen LogP contribution in [0.25, 0.3) is 11.0 Å². The summed E-state index contributed by atoms with van der Waals surface area (Å²) in [6.07, 6.45) is 4.67. The molecule has 4 rings (SSSR count). The van der Waals surface area contributed by atoms with Crippen LogP contribution in [-0.4, -0.2) is 56.1 Å². The third-order valence-corrected chi connectivity index (χ3v) is 6.34. The first kappa shape index (κ1) is 19.6. The number of hydrogen-bond donors (Lipinski definition) is 2. The van der Waals surface area contributed by atoms with Crippen LogP contribution in [0.5, 0.6) is 0 Å². The largest absolute Gasteiger partial charge is 0.388 e. The summed E-state index contributed by atoms with van der Waals surface area (Å²) in [7, 11) is 0. The van der Waals surface area contributed by atoms with Crippen LogP contribution in [0, 0.1) is 0 Å². The summed E-state index contributed by atoms with van der Waals surface area (Å²) in [5, 5.41) is 15.7. The topological polar surface area (TPSA) is 87.5 Å². The van der Waals surface area contributed by atoms with Crippen molar-refractivity contribution in [1.29, 1.82) is 0 Å². The number of pyridine rings is 1. The summed E-state index contributed by atoms with van der Waals surface area (Å²) in [5.41, 5.74) is 1.02. The van der Waals surface area contributed by atoms with Crippen molar-refractivity contribution < 1.29 is 14.7 Å². The van der Waals surface area contributed by atoms with Crippen molar-refractivity contribution in [2.75, 3.05) is 13.1 Å². The normalized spacial score (nSPS) is 17.2. The molecule has 1 unspecified atom stereocenters. The van der Waals surface area contributed by atoms with Gasteiger partial charge in [-0.1, -0.05) is 6.07 Å². The smallest absolute Gasteiger partial charge is 0.261 e. The molecule has 29 heavy (non-hydrogen) atoms. The van der Waals surface area contributed by atoms with Crippen molar-refractivity contribution in [3.8, 4) is 0 Å². The van der Waals surface area contributed by atoms with Gasteiger partial charge < -0.3 is 19.9 Å². The van der Waals surface area contributed by atoms with Gasteiger partial charge in [-0.25, -0.2) is 0 Å². The molecule has 0 radical (unpaired) electrons. The van der Waals surface area contributed by atoms with Crippen LogP contribution in [0.4, 0.5) is 0 Å². The Morgan fingerprint density at radius 2 is 2.07 bits per heavy atom. The van der Waals surface area contributed by atoms with E-state index in [1.54, 1.807) is 24.1 Å². The number of likely N-dealkylation sites (tertiary alicyclic amines) is 1. The number of nitrogens with zero attached hydrogens (tertiary/aromatic N) is 3. The lowest BCUT2D eigenvalue weighted by Crippen LogP contribution is -2.53. The molecule has 3 aromatic rings. The summed E-state index contributed by atoms with van der Waals surface area (Å²) in [4.78, 5) is 31.5. The Morgan fingerprint density at radius 1 is 1.28 bits per heavy atom. The number of hydrogen-bond acceptors (Lipinski definition) is 5. The molecule has 0 saturated carbocycles. The molecule has 7 nitrogen and oxygen atoms in total. The van der Waals surface area contributed by atoms with Gasteiger partial charge in [-0.3, -0.25) is 14.6 Å². The first-order valence-electron chi connectivity index (χ1n) is 9.71. The zero-order valence-electron chi connectivity index (χ0n) is 16.2. The van der Waals surface area contributed by atoms with Gasteiger partial charge in [-0.2, -0.15) is 0 Å². The minimum Gasteiger partial charge on any atom is -0.388 e. The Bertz CT molecular complexity index is 1010. The minimum absolute atomic E-state index is 0.118. The highest BCUT2D eigenvalue weighted by molar-refractivity contribution is 7.12. The fourth-order valence-electron chi connectivity index (χ4n) is 3.79. The van der Waals surface area contributed by atoms with Gasteiger partial charge in [0, 0.05) is 25.5 Å². The van der Waals surface area contributed by atoms with E-state index in [4.69, 9.17) is 0 Å². The lowest BCUT2D eigenvalue weighted by molar-refractivity contribution is -0.137. The van der Waals surface area contributed by atoms with Crippen LogP contribution in [0.15, 0.2) is 48.1 Å². The highest BCUT2D eigenvalue weighted by Crippen LogP contribution is 2.26. The molecular formula is C21H24N4O3S. The lowest BCUT2D eigenvalue weighted by atomic mass is 9.91. The molecule has 1 aliphatic rings. The first-order valence-corrected chi connectivity index (χ1v) is 10.6. The second kappa shape index (κ2) is 7.96. The van der Waals surface area contributed by atoms with Gasteiger partial charge in [0.05, 0.1) is 28.1 Å². The summed E-state index contributed by atoms with van der Waals surface area (Å²) < 4.78 is 2.02. The SMILES string of the molecule is CC(NC(=O)c1cccs1)C(=O)N1CCC(O)(Cn2ccc3ncccc32)CC1. The Labute approximate surface area is 173 Å². The molecule has 1 atom stereocenters. The maximum Gasteiger partial charge on any atom is 0.261 e. The van der Waals surface area contributed by atoms with Crippen molar-refractivity contribution in [3.63, 3.8) is 0 Å². The summed E-state index contributed by atoms with van der Waals surface area (Å²) in [6, 6.07) is 8.75. The van der Waals surface area contributed by atoms with E-state index in [0.29, 0.717) is 37.4 Å². The molecule has 1 aliphatic heterocycles. The number of thiophene rings is 1. The van der Waals surface area contributed by atoms with Crippen molar-refractivity contribution >= 4 is 34.2 Å². The number of rotatable bonds is 5. The van der Waals surface area contributed by atoms with Crippen LogP contribution in [0.2, 0.25) is 0 Å². The van der Waals surface area contributed by atoms with Crippen molar-refractivity contribution in [1.82, 2.24) is 19.8 Å². The van der Waals surface area contributed by atoms with E-state index >= 15 is 0 Å². The van der Waals surface area contributed by atoms with E-state index in [1.165, 1.54) is 11.3 Å². The fraction of sp³-hybridized carbons (Fsp3) is 0.381. The molecule has 1 saturated heterocycles. The third-order valence-electron chi connectivity index (χ3n) is 5.47. The molecular weight excluding hydrogens is 388 g/mol. The number of aliphatic hydroxyl groups is 1. The Morgan fingerprint density at radius 3 is 2.79 bits per heavy atom. The van der Waals surface area contributed by atoms with Crippen LogP contribution in [-0.2, 0) is 11.3 Å². The average Bonchev–Trinajstić information content (AvgIpc) is 3.39. The van der Waals surface area contributed by atoms with Gasteiger partial charge in [0.25, 0.3) is 5.91 Å². The molecule has 3 aromatic heterocycles. The molecule has 8 heteroatoms. The number of aromatic nitrogens is 2. The molecule has 1 fully saturated rings. The van der Waals surface area contributed by atoms with Gasteiger partial charge in [0.1, 0.15) is 6.04 Å². The second-order valence-corrected chi connectivity index (χ2v) is 8.52. The molecule has 2 amide bonds. The zero-order chi connectivity index (χ0) is 20.4. The number of piperidine rings is 1. The van der Waals surface area contributed by atoms with Gasteiger partial charge in [0.2, 0.25) is 5.91 Å². The van der Waals surface area contributed by atoms with Crippen LogP contribution < -0.4 is 5.32 Å². The van der Waals surface area contributed by atoms with Crippen LogP contribution >= 0.6 is 11.3 Å². The fourth-order valence-corrected chi connectivity index (χ4v) is 4.42. The second-order valence-electron chi connectivity index (χ2n) is 7.57. The van der Waals surface area contributed by atoms with Gasteiger partial charge in [-0.05, 0) is 49.4 Å². The molecule has 0 bridgehead atoms. The summed E-state index contributed by atoms with van der Waals surface area (Å²) in [6.45, 7) is 3.10. The van der Waals surface area contributed by atoms with E-state index in [0.717, 1.165) is 11.0 Å². The van der Waals surface area contributed by atoms with Gasteiger partial charge >= 0.3 is 0 Å². The predicted molar refractivity (Wildman–Crippen MR) is 112 cm³/mol. The van der Waals surface area contributed by atoms with E-state index in [2.05, 4.69) is 10.3 Å². The highest BCUT2D eigenvalue weighted by atomic mass is 32.1. The van der Waals surface area contributed by atoms with Crippen molar-refractivity contribution in [2.45, 2.75) is 38.0 Å². The summed E-state index contributed by atoms with van der Waals surface area (Å²) >= 11 is 1.35. The average molecular weight is 413 g/mol. The molecule has 0 aromatic carbocycles. The quantitative estimate of drug-likeness (QED) is 0.673. The highest BCUT2D eigenvalue weighted by Gasteiger charge is 2.35. The zero-order valence-corrected chi connectivity index (χ0v) is 17.1. The molecule has 152 valence electrons. The molecule has 4 heterocycles. The van der Waals surface area contributed by atoms with Crippen molar-refractivity contribution in [3.05, 3.63) is 53.0 Å². The van der Waals surface area contributed by atoms with E-state index < -0.39 is 11.6 Å². The van der Waals surface area contributed by atoms with Crippen molar-refractivity contribution in [2.24, 2.45) is 0 Å². The van der Waals surface area contributed by atoms with Crippen LogP contribution in [0.3, 0.4) is 0 Å². The van der Waals surface area contributed by atoms with E-state index in [9.17, 15) is 14.7 Å². The third kappa shape index (κ3) is 4.18. The Balaban J connectivity index is 1.34. The standard InChI is InChI=1S/C21H24N4O3S/c1-15(23-19(26)18-5-3-13-29-18)20(27)24-11-7-21(28,8-12-24)14-25-10-6-16-17(25)4-2-9-22-16/h2-6,9-10,13,15,28H,7-8,11-12,14H2,1H3,(H,23,26). The number of nitrogens with one attached hydrogen (secondary N) is 1. The maximum absolute atomic E-state index is 12.7. The number of amides is 2. The number of carbonyl (C=O) groups is 2. The minimum atomic E-state index is -0.873. The Hall–Kier alpha value is -2.71. The lowest BCUT2D eigenvalue weighted by Gasteiger charge is -2.39. The van der Waals surface area contributed by atoms with E-state index in [1.807, 2.05) is 40.4 Å². The molecule has 0 aliphatic carbocycles.